The van der Waals surface area contributed by atoms with Crippen molar-refractivity contribution in [3.63, 3.8) is 0 Å². The highest BCUT2D eigenvalue weighted by Gasteiger charge is 2.79. The van der Waals surface area contributed by atoms with Crippen molar-refractivity contribution in [1.82, 2.24) is 15.5 Å². The van der Waals surface area contributed by atoms with Gasteiger partial charge in [-0.1, -0.05) is 67.6 Å². The van der Waals surface area contributed by atoms with E-state index in [0.717, 1.165) is 11.1 Å². The van der Waals surface area contributed by atoms with E-state index in [-0.39, 0.29) is 24.3 Å². The molecule has 3 aliphatic heterocycles. The number of hydrogen-bond donors (Lipinski definition) is 3. The van der Waals surface area contributed by atoms with Gasteiger partial charge in [-0.2, -0.15) is 0 Å². The highest BCUT2D eigenvalue weighted by molar-refractivity contribution is 5.99. The highest BCUT2D eigenvalue weighted by atomic mass is 16.5. The van der Waals surface area contributed by atoms with Gasteiger partial charge in [-0.3, -0.25) is 14.4 Å². The Morgan fingerprint density at radius 2 is 1.69 bits per heavy atom. The number of fused-ring (bicyclic) bond motifs is 1. The van der Waals surface area contributed by atoms with Gasteiger partial charge in [0, 0.05) is 12.1 Å². The van der Waals surface area contributed by atoms with Crippen LogP contribution in [0.25, 0.3) is 0 Å². The van der Waals surface area contributed by atoms with Crippen LogP contribution in [0.1, 0.15) is 64.1 Å². The number of aliphatic hydroxyl groups excluding tert-OH is 1. The minimum atomic E-state index is -1.15. The van der Waals surface area contributed by atoms with Crippen LogP contribution in [0.15, 0.2) is 60.7 Å². The predicted octanol–water partition coefficient (Wildman–Crippen LogP) is 3.11. The Balaban J connectivity index is 1.56. The average Bonchev–Trinajstić information content (AvgIpc) is 3.52. The van der Waals surface area contributed by atoms with Crippen LogP contribution in [-0.2, 0) is 25.7 Å². The van der Waals surface area contributed by atoms with E-state index in [9.17, 15) is 19.5 Å². The van der Waals surface area contributed by atoms with E-state index < -0.39 is 40.7 Å². The predicted molar refractivity (Wildman–Crippen MR) is 146 cm³/mol. The fourth-order valence-corrected chi connectivity index (χ4v) is 7.05. The van der Waals surface area contributed by atoms with Crippen LogP contribution in [0, 0.1) is 11.8 Å². The maximum Gasteiger partial charge on any atom is 0.246 e. The van der Waals surface area contributed by atoms with Gasteiger partial charge < -0.3 is 25.4 Å². The Bertz CT molecular complexity index is 1230. The zero-order valence-corrected chi connectivity index (χ0v) is 23.1. The Morgan fingerprint density at radius 3 is 2.28 bits per heavy atom. The third-order valence-electron chi connectivity index (χ3n) is 8.65. The fraction of sp³-hybridized carbons (Fsp3) is 0.516. The molecule has 3 fully saturated rings. The number of likely N-dealkylation sites (tertiary alicyclic amines) is 1. The van der Waals surface area contributed by atoms with Crippen molar-refractivity contribution >= 4 is 17.7 Å². The number of aliphatic hydroxyl groups is 1. The number of benzene rings is 2. The summed E-state index contributed by atoms with van der Waals surface area (Å²) in [4.78, 5) is 43.8. The molecule has 3 amide bonds. The minimum absolute atomic E-state index is 0.238. The molecule has 0 radical (unpaired) electrons. The van der Waals surface area contributed by atoms with Crippen LogP contribution < -0.4 is 10.6 Å². The van der Waals surface area contributed by atoms with Crippen molar-refractivity contribution in [2.45, 2.75) is 82.3 Å². The van der Waals surface area contributed by atoms with Gasteiger partial charge in [-0.05, 0) is 51.2 Å². The minimum Gasteiger partial charge on any atom is -0.394 e. The van der Waals surface area contributed by atoms with Crippen molar-refractivity contribution in [2.24, 2.45) is 11.8 Å². The zero-order valence-electron chi connectivity index (χ0n) is 23.1. The van der Waals surface area contributed by atoms with E-state index in [1.807, 2.05) is 88.4 Å². The number of nitrogens with one attached hydrogen (secondary N) is 2. The molecule has 0 aromatic heterocycles. The Kier molecular flexibility index (Phi) is 7.06. The number of hydrogen-bond acceptors (Lipinski definition) is 5. The quantitative estimate of drug-likeness (QED) is 0.483. The SMILES string of the molecule is CC[C@]12CCC3(O1)C(C(=O)NC(C)(C)C)N([C@H](CO)c1ccccc1)C(=O)[C@@H]3[C@H]2C(=O)NCc1ccccc1. The molecule has 1 spiro atoms. The first-order valence-electron chi connectivity index (χ1n) is 13.9. The molecule has 6 atom stereocenters. The molecular formula is C31H39N3O5. The van der Waals surface area contributed by atoms with Crippen LogP contribution in [0.2, 0.25) is 0 Å². The summed E-state index contributed by atoms with van der Waals surface area (Å²) >= 11 is 0. The second-order valence-electron chi connectivity index (χ2n) is 12.1. The molecule has 2 aromatic carbocycles. The summed E-state index contributed by atoms with van der Waals surface area (Å²) in [6, 6.07) is 17.1. The first-order chi connectivity index (χ1) is 18.6. The third-order valence-corrected chi connectivity index (χ3v) is 8.65. The van der Waals surface area contributed by atoms with Crippen LogP contribution in [-0.4, -0.2) is 57.1 Å². The van der Waals surface area contributed by atoms with E-state index in [2.05, 4.69) is 10.6 Å². The normalized spacial score (nSPS) is 30.2. The van der Waals surface area contributed by atoms with Crippen molar-refractivity contribution in [1.29, 1.82) is 0 Å². The molecule has 208 valence electrons. The number of rotatable bonds is 8. The van der Waals surface area contributed by atoms with Crippen LogP contribution in [0.5, 0.6) is 0 Å². The lowest BCUT2D eigenvalue weighted by molar-refractivity contribution is -0.151. The first-order valence-corrected chi connectivity index (χ1v) is 13.9. The van der Waals surface area contributed by atoms with Crippen molar-refractivity contribution in [3.05, 3.63) is 71.8 Å². The molecule has 5 rings (SSSR count). The molecule has 39 heavy (non-hydrogen) atoms. The van der Waals surface area contributed by atoms with Gasteiger partial charge in [0.2, 0.25) is 17.7 Å². The van der Waals surface area contributed by atoms with Gasteiger partial charge in [-0.25, -0.2) is 0 Å². The maximum absolute atomic E-state index is 14.4. The van der Waals surface area contributed by atoms with E-state index in [4.69, 9.17) is 4.74 Å². The molecule has 2 unspecified atom stereocenters. The van der Waals surface area contributed by atoms with Crippen LogP contribution in [0.3, 0.4) is 0 Å². The van der Waals surface area contributed by atoms with E-state index in [1.165, 1.54) is 4.90 Å². The van der Waals surface area contributed by atoms with Crippen LogP contribution >= 0.6 is 0 Å². The topological polar surface area (TPSA) is 108 Å². The number of ether oxygens (including phenoxy) is 1. The smallest absolute Gasteiger partial charge is 0.246 e. The number of carbonyl (C=O) groups excluding carboxylic acids is 3. The van der Waals surface area contributed by atoms with Gasteiger partial charge in [0.25, 0.3) is 0 Å². The maximum atomic E-state index is 14.4. The zero-order chi connectivity index (χ0) is 28.0. The van der Waals surface area contributed by atoms with Gasteiger partial charge >= 0.3 is 0 Å². The molecular weight excluding hydrogens is 494 g/mol. The van der Waals surface area contributed by atoms with E-state index in [0.29, 0.717) is 25.8 Å². The number of nitrogens with zero attached hydrogens (tertiary/aromatic N) is 1. The summed E-state index contributed by atoms with van der Waals surface area (Å²) in [7, 11) is 0. The second kappa shape index (κ2) is 10.1. The molecule has 3 saturated heterocycles. The fourth-order valence-electron chi connectivity index (χ4n) is 7.05. The summed E-state index contributed by atoms with van der Waals surface area (Å²) < 4.78 is 6.82. The number of amides is 3. The average molecular weight is 534 g/mol. The molecule has 2 bridgehead atoms. The van der Waals surface area contributed by atoms with Crippen molar-refractivity contribution in [2.75, 3.05) is 6.61 Å². The van der Waals surface area contributed by atoms with Crippen molar-refractivity contribution < 1.29 is 24.2 Å². The standard InChI is InChI=1S/C31H39N3O5/c1-5-30-16-17-31(39-30)24(23(30)26(36)32-18-20-12-8-6-9-13-20)28(38)34(25(31)27(37)33-29(2,3)4)22(19-35)21-14-10-7-11-15-21/h6-15,22-25,35H,5,16-19H2,1-4H3,(H,32,36)(H,33,37)/t22-,23+,24+,25?,30-,31?/m1/s1. The summed E-state index contributed by atoms with van der Waals surface area (Å²) in [6.45, 7) is 7.63. The molecule has 0 aliphatic carbocycles. The Morgan fingerprint density at radius 1 is 1.05 bits per heavy atom. The molecule has 8 nitrogen and oxygen atoms in total. The molecule has 8 heteroatoms. The van der Waals surface area contributed by atoms with E-state index in [1.54, 1.807) is 0 Å². The number of carbonyl (C=O) groups is 3. The Labute approximate surface area is 230 Å². The monoisotopic (exact) mass is 533 g/mol. The second-order valence-corrected chi connectivity index (χ2v) is 12.1. The lowest BCUT2D eigenvalue weighted by Crippen LogP contribution is -2.59. The van der Waals surface area contributed by atoms with E-state index >= 15 is 0 Å². The highest BCUT2D eigenvalue weighted by Crippen LogP contribution is 2.65. The molecule has 0 saturated carbocycles. The summed E-state index contributed by atoms with van der Waals surface area (Å²) in [5.41, 5.74) is -0.841. The summed E-state index contributed by atoms with van der Waals surface area (Å²) in [6.07, 6.45) is 1.63. The van der Waals surface area contributed by atoms with Gasteiger partial charge in [0.15, 0.2) is 0 Å². The molecule has 2 aromatic rings. The molecule has 3 aliphatic rings. The summed E-state index contributed by atoms with van der Waals surface area (Å²) in [5, 5.41) is 16.7. The molecule has 3 N–H and O–H groups in total. The largest absolute Gasteiger partial charge is 0.394 e. The van der Waals surface area contributed by atoms with Crippen molar-refractivity contribution in [3.8, 4) is 0 Å². The van der Waals surface area contributed by atoms with Crippen LogP contribution in [0.4, 0.5) is 0 Å². The lowest BCUT2D eigenvalue weighted by Gasteiger charge is -2.38. The molecule has 3 heterocycles. The lowest BCUT2D eigenvalue weighted by atomic mass is 9.65. The summed E-state index contributed by atoms with van der Waals surface area (Å²) in [5.74, 6) is -2.45. The first kappa shape index (κ1) is 27.3. The van der Waals surface area contributed by atoms with Gasteiger partial charge in [-0.15, -0.1) is 0 Å². The third kappa shape index (κ3) is 4.53. The van der Waals surface area contributed by atoms with Gasteiger partial charge in [0.1, 0.15) is 11.6 Å². The Hall–Kier alpha value is -3.23. The van der Waals surface area contributed by atoms with Gasteiger partial charge in [0.05, 0.1) is 30.1 Å².